The average Bonchev–Trinajstić information content (AvgIpc) is 3.57. The molecule has 0 bridgehead atoms. The van der Waals surface area contributed by atoms with Gasteiger partial charge in [0.2, 0.25) is 5.82 Å². The van der Waals surface area contributed by atoms with E-state index >= 15 is 0 Å². The minimum absolute atomic E-state index is 0.177. The van der Waals surface area contributed by atoms with Gasteiger partial charge in [-0.25, -0.2) is 0 Å². The maximum Gasteiger partial charge on any atom is 0.305 e. The van der Waals surface area contributed by atoms with Crippen molar-refractivity contribution in [1.29, 1.82) is 0 Å². The number of ether oxygens (including phenoxy) is 1. The van der Waals surface area contributed by atoms with Crippen LogP contribution in [0.4, 0.5) is 5.69 Å². The second-order valence-electron chi connectivity index (χ2n) is 9.18. The molecule has 4 aromatic rings. The second-order valence-corrected chi connectivity index (χ2v) is 9.18. The van der Waals surface area contributed by atoms with E-state index in [1.165, 1.54) is 30.5 Å². The van der Waals surface area contributed by atoms with Crippen molar-refractivity contribution in [2.75, 3.05) is 24.6 Å². The molecule has 2 aromatic heterocycles. The highest BCUT2D eigenvalue weighted by Gasteiger charge is 2.18. The van der Waals surface area contributed by atoms with Gasteiger partial charge in [0.15, 0.2) is 0 Å². The van der Waals surface area contributed by atoms with Crippen LogP contribution in [0.1, 0.15) is 51.5 Å². The first kappa shape index (κ1) is 24.0. The normalized spacial score (nSPS) is 13.9. The molecule has 188 valence electrons. The third-order valence-electron chi connectivity index (χ3n) is 6.81. The molecule has 0 spiro atoms. The number of benzene rings is 2. The smallest absolute Gasteiger partial charge is 0.305 e. The lowest BCUT2D eigenvalue weighted by atomic mass is 10.0. The summed E-state index contributed by atoms with van der Waals surface area (Å²) in [6, 6.07) is 12.4. The van der Waals surface area contributed by atoms with Crippen LogP contribution in [-0.2, 0) is 22.5 Å². The molecule has 1 aliphatic heterocycles. The molecular weight excluding hydrogens is 454 g/mol. The van der Waals surface area contributed by atoms with Gasteiger partial charge in [0.05, 0.1) is 18.3 Å². The summed E-state index contributed by atoms with van der Waals surface area (Å²) >= 11 is 0. The summed E-state index contributed by atoms with van der Waals surface area (Å²) in [4.78, 5) is 18.9. The Morgan fingerprint density at radius 2 is 1.97 bits per heavy atom. The van der Waals surface area contributed by atoms with Crippen molar-refractivity contribution in [2.24, 2.45) is 0 Å². The molecule has 0 N–H and O–H groups in total. The Morgan fingerprint density at radius 3 is 2.78 bits per heavy atom. The van der Waals surface area contributed by atoms with Crippen molar-refractivity contribution in [3.8, 4) is 22.8 Å². The van der Waals surface area contributed by atoms with Crippen molar-refractivity contribution < 1.29 is 14.1 Å². The number of rotatable bonds is 9. The van der Waals surface area contributed by atoms with Crippen molar-refractivity contribution in [3.05, 3.63) is 48.2 Å². The van der Waals surface area contributed by atoms with Gasteiger partial charge in [-0.1, -0.05) is 24.2 Å². The first-order chi connectivity index (χ1) is 17.7. The number of carbonyl (C=O) groups is 1. The van der Waals surface area contributed by atoms with E-state index in [0.717, 1.165) is 41.5 Å². The lowest BCUT2D eigenvalue weighted by Gasteiger charge is -2.30. The maximum atomic E-state index is 11.7. The fourth-order valence-corrected chi connectivity index (χ4v) is 4.98. The summed E-state index contributed by atoms with van der Waals surface area (Å²) in [5.41, 5.74) is 5.41. The molecule has 8 nitrogen and oxygen atoms in total. The van der Waals surface area contributed by atoms with Crippen LogP contribution in [0.25, 0.3) is 33.7 Å². The largest absolute Gasteiger partial charge is 0.466 e. The Kier molecular flexibility index (Phi) is 7.30. The van der Waals surface area contributed by atoms with Crippen molar-refractivity contribution >= 4 is 22.6 Å². The summed E-state index contributed by atoms with van der Waals surface area (Å²) in [7, 11) is 0. The zero-order chi connectivity index (χ0) is 24.9. The van der Waals surface area contributed by atoms with E-state index in [4.69, 9.17) is 14.2 Å². The summed E-state index contributed by atoms with van der Waals surface area (Å²) in [5.74, 6) is 0.882. The standard InChI is InChI=1S/C28H33N5O3/c1-3-20-18-21(13-14-24(20)32-15-6-5-7-16-32)28-30-27(31-36-28)22-10-8-11-25-23(22)19-29-33(25)17-9-12-26(34)35-4-2/h8,10-11,13-14,18-19H,3-7,9,12,15-17H2,1-2H3. The fraction of sp³-hybridized carbons (Fsp3) is 0.429. The van der Waals surface area contributed by atoms with Gasteiger partial charge in [0, 0.05) is 48.3 Å². The molecule has 0 amide bonds. The van der Waals surface area contributed by atoms with E-state index in [1.54, 1.807) is 0 Å². The van der Waals surface area contributed by atoms with Crippen molar-refractivity contribution in [2.45, 2.75) is 58.9 Å². The van der Waals surface area contributed by atoms with Gasteiger partial charge in [-0.15, -0.1) is 0 Å². The zero-order valence-electron chi connectivity index (χ0n) is 21.1. The molecule has 1 aliphatic rings. The van der Waals surface area contributed by atoms with E-state index < -0.39 is 0 Å². The van der Waals surface area contributed by atoms with Crippen LogP contribution in [0.5, 0.6) is 0 Å². The van der Waals surface area contributed by atoms with Gasteiger partial charge in [-0.2, -0.15) is 10.1 Å². The first-order valence-corrected chi connectivity index (χ1v) is 13.0. The number of nitrogens with zero attached hydrogens (tertiary/aromatic N) is 5. The molecule has 3 heterocycles. The van der Waals surface area contributed by atoms with Crippen LogP contribution in [0.2, 0.25) is 0 Å². The minimum Gasteiger partial charge on any atom is -0.466 e. The molecule has 1 fully saturated rings. The number of hydrogen-bond donors (Lipinski definition) is 0. The Hall–Kier alpha value is -3.68. The molecule has 1 saturated heterocycles. The number of fused-ring (bicyclic) bond motifs is 1. The van der Waals surface area contributed by atoms with Crippen LogP contribution < -0.4 is 4.90 Å². The van der Waals surface area contributed by atoms with Gasteiger partial charge in [-0.3, -0.25) is 9.48 Å². The number of piperidine rings is 1. The van der Waals surface area contributed by atoms with Gasteiger partial charge in [-0.05, 0) is 68.9 Å². The SMILES string of the molecule is CCOC(=O)CCCn1ncc2c(-c3noc(-c4ccc(N5CCCCC5)c(CC)c4)n3)cccc21. The van der Waals surface area contributed by atoms with E-state index in [-0.39, 0.29) is 5.97 Å². The first-order valence-electron chi connectivity index (χ1n) is 13.0. The van der Waals surface area contributed by atoms with Gasteiger partial charge in [0.1, 0.15) is 0 Å². The number of anilines is 1. The van der Waals surface area contributed by atoms with E-state index in [1.807, 2.05) is 36.0 Å². The Bertz CT molecular complexity index is 1340. The third-order valence-corrected chi connectivity index (χ3v) is 6.81. The lowest BCUT2D eigenvalue weighted by molar-refractivity contribution is -0.143. The molecular formula is C28H33N5O3. The third kappa shape index (κ3) is 4.98. The molecule has 0 unspecified atom stereocenters. The molecule has 36 heavy (non-hydrogen) atoms. The van der Waals surface area contributed by atoms with E-state index in [2.05, 4.69) is 40.3 Å². The van der Waals surface area contributed by atoms with Gasteiger partial charge < -0.3 is 14.2 Å². The summed E-state index contributed by atoms with van der Waals surface area (Å²) in [6.45, 7) is 7.29. The van der Waals surface area contributed by atoms with Crippen LogP contribution in [-0.4, -0.2) is 45.6 Å². The molecule has 2 aromatic carbocycles. The Labute approximate surface area is 211 Å². The monoisotopic (exact) mass is 487 g/mol. The highest BCUT2D eigenvalue weighted by atomic mass is 16.5. The fourth-order valence-electron chi connectivity index (χ4n) is 4.98. The van der Waals surface area contributed by atoms with Crippen LogP contribution in [0.3, 0.4) is 0 Å². The number of hydrogen-bond acceptors (Lipinski definition) is 7. The van der Waals surface area contributed by atoms with Crippen LogP contribution >= 0.6 is 0 Å². The second kappa shape index (κ2) is 10.9. The topological polar surface area (TPSA) is 86.3 Å². The predicted molar refractivity (Wildman–Crippen MR) is 140 cm³/mol. The Morgan fingerprint density at radius 1 is 1.11 bits per heavy atom. The summed E-state index contributed by atoms with van der Waals surface area (Å²) < 4.78 is 12.6. The number of carbonyl (C=O) groups excluding carboxylic acids is 1. The van der Waals surface area contributed by atoms with E-state index in [9.17, 15) is 4.79 Å². The highest BCUT2D eigenvalue weighted by molar-refractivity contribution is 5.93. The van der Waals surface area contributed by atoms with Crippen LogP contribution in [0.15, 0.2) is 47.1 Å². The molecule has 0 atom stereocenters. The molecule has 5 rings (SSSR count). The molecule has 8 heteroatoms. The number of esters is 1. The van der Waals surface area contributed by atoms with Crippen molar-refractivity contribution in [3.63, 3.8) is 0 Å². The Balaban J connectivity index is 1.37. The lowest BCUT2D eigenvalue weighted by Crippen LogP contribution is -2.30. The highest BCUT2D eigenvalue weighted by Crippen LogP contribution is 2.32. The van der Waals surface area contributed by atoms with E-state index in [0.29, 0.717) is 37.7 Å². The number of aryl methyl sites for hydroxylation is 2. The van der Waals surface area contributed by atoms with Crippen molar-refractivity contribution in [1.82, 2.24) is 19.9 Å². The molecule has 0 radical (unpaired) electrons. The molecule has 0 saturated carbocycles. The zero-order valence-corrected chi connectivity index (χ0v) is 21.1. The van der Waals surface area contributed by atoms with Gasteiger partial charge in [0.25, 0.3) is 5.89 Å². The predicted octanol–water partition coefficient (Wildman–Crippen LogP) is 5.65. The molecule has 0 aliphatic carbocycles. The number of aromatic nitrogens is 4. The van der Waals surface area contributed by atoms with Crippen LogP contribution in [0, 0.1) is 0 Å². The quantitative estimate of drug-likeness (QED) is 0.282. The summed E-state index contributed by atoms with van der Waals surface area (Å²) in [5, 5.41) is 9.80. The van der Waals surface area contributed by atoms with Gasteiger partial charge >= 0.3 is 5.97 Å². The maximum absolute atomic E-state index is 11.7. The minimum atomic E-state index is -0.177. The summed E-state index contributed by atoms with van der Waals surface area (Å²) in [6.07, 6.45) is 7.65. The average molecular weight is 488 g/mol.